The molecule has 1 aliphatic carbocycles. The Morgan fingerprint density at radius 1 is 1.50 bits per heavy atom. The second-order valence-corrected chi connectivity index (χ2v) is 4.77. The number of nitrogens with zero attached hydrogens (tertiary/aromatic N) is 2. The summed E-state index contributed by atoms with van der Waals surface area (Å²) in [6.45, 7) is 2.64. The van der Waals surface area contributed by atoms with Crippen LogP contribution < -0.4 is 0 Å². The summed E-state index contributed by atoms with van der Waals surface area (Å²) in [6, 6.07) is 2.21. The van der Waals surface area contributed by atoms with E-state index in [0.29, 0.717) is 0 Å². The van der Waals surface area contributed by atoms with Crippen LogP contribution in [0.2, 0.25) is 0 Å². The maximum atomic E-state index is 9.93. The van der Waals surface area contributed by atoms with E-state index in [1.807, 2.05) is 20.0 Å². The Kier molecular flexibility index (Phi) is 3.61. The molecule has 1 saturated carbocycles. The highest BCUT2D eigenvalue weighted by atomic mass is 16.5. The molecule has 0 amide bonds. The van der Waals surface area contributed by atoms with Gasteiger partial charge in [-0.25, -0.2) is 0 Å². The summed E-state index contributed by atoms with van der Waals surface area (Å²) in [7, 11) is 2.04. The molecule has 1 aromatic rings. The van der Waals surface area contributed by atoms with Gasteiger partial charge in [0, 0.05) is 12.1 Å². The molecule has 0 bridgehead atoms. The zero-order valence-corrected chi connectivity index (χ0v) is 10.0. The predicted molar refractivity (Wildman–Crippen MR) is 61.0 cm³/mol. The quantitative estimate of drug-likeness (QED) is 0.849. The van der Waals surface area contributed by atoms with Gasteiger partial charge in [-0.1, -0.05) is 18.0 Å². The van der Waals surface area contributed by atoms with E-state index in [-0.39, 0.29) is 12.1 Å². The van der Waals surface area contributed by atoms with E-state index < -0.39 is 0 Å². The van der Waals surface area contributed by atoms with Crippen LogP contribution in [0.4, 0.5) is 0 Å². The minimum atomic E-state index is -0.192. The average molecular weight is 224 g/mol. The summed E-state index contributed by atoms with van der Waals surface area (Å²) in [5, 5.41) is 13.8. The molecular formula is C12H20N2O2. The number of rotatable bonds is 3. The molecule has 1 aromatic heterocycles. The van der Waals surface area contributed by atoms with Gasteiger partial charge >= 0.3 is 0 Å². The van der Waals surface area contributed by atoms with Crippen LogP contribution in [0.3, 0.4) is 0 Å². The molecule has 16 heavy (non-hydrogen) atoms. The zero-order chi connectivity index (χ0) is 11.5. The second kappa shape index (κ2) is 4.97. The van der Waals surface area contributed by atoms with Crippen LogP contribution in [-0.4, -0.2) is 34.4 Å². The fourth-order valence-electron chi connectivity index (χ4n) is 2.46. The average Bonchev–Trinajstić information content (AvgIpc) is 2.64. The summed E-state index contributed by atoms with van der Waals surface area (Å²) < 4.78 is 5.19. The molecule has 2 rings (SSSR count). The van der Waals surface area contributed by atoms with Crippen LogP contribution in [0.5, 0.6) is 0 Å². The molecule has 0 aliphatic heterocycles. The van der Waals surface area contributed by atoms with Crippen molar-refractivity contribution in [2.24, 2.45) is 0 Å². The lowest BCUT2D eigenvalue weighted by Gasteiger charge is -2.34. The van der Waals surface area contributed by atoms with Gasteiger partial charge in [0.15, 0.2) is 5.76 Å². The highest BCUT2D eigenvalue weighted by molar-refractivity contribution is 5.03. The van der Waals surface area contributed by atoms with Gasteiger partial charge in [0.1, 0.15) is 0 Å². The van der Waals surface area contributed by atoms with E-state index in [4.69, 9.17) is 4.52 Å². The monoisotopic (exact) mass is 224 g/mol. The third kappa shape index (κ3) is 2.62. The van der Waals surface area contributed by atoms with Crippen molar-refractivity contribution in [3.63, 3.8) is 0 Å². The first kappa shape index (κ1) is 11.6. The first-order valence-electron chi connectivity index (χ1n) is 5.97. The zero-order valence-electron chi connectivity index (χ0n) is 10.0. The number of hydrogen-bond donors (Lipinski definition) is 1. The maximum Gasteiger partial charge on any atom is 0.150 e. The molecule has 1 heterocycles. The van der Waals surface area contributed by atoms with Gasteiger partial charge < -0.3 is 9.63 Å². The molecular weight excluding hydrogens is 204 g/mol. The third-order valence-electron chi connectivity index (χ3n) is 3.34. The summed E-state index contributed by atoms with van der Waals surface area (Å²) in [6.07, 6.45) is 4.16. The van der Waals surface area contributed by atoms with Gasteiger partial charge in [-0.2, -0.15) is 0 Å². The normalized spacial score (nSPS) is 26.2. The molecule has 0 aromatic carbocycles. The van der Waals surface area contributed by atoms with Crippen molar-refractivity contribution in [3.8, 4) is 0 Å². The molecule has 0 radical (unpaired) electrons. The van der Waals surface area contributed by atoms with Crippen molar-refractivity contribution in [2.45, 2.75) is 51.3 Å². The Labute approximate surface area is 96.2 Å². The van der Waals surface area contributed by atoms with Crippen molar-refractivity contribution >= 4 is 0 Å². The summed E-state index contributed by atoms with van der Waals surface area (Å²) in [4.78, 5) is 2.17. The maximum absolute atomic E-state index is 9.93. The third-order valence-corrected chi connectivity index (χ3v) is 3.34. The molecule has 0 saturated heterocycles. The van der Waals surface area contributed by atoms with E-state index in [0.717, 1.165) is 37.3 Å². The number of hydrogen-bond acceptors (Lipinski definition) is 4. The van der Waals surface area contributed by atoms with Crippen molar-refractivity contribution in [1.29, 1.82) is 0 Å². The van der Waals surface area contributed by atoms with Crippen LogP contribution >= 0.6 is 0 Å². The van der Waals surface area contributed by atoms with Crippen molar-refractivity contribution in [2.75, 3.05) is 7.05 Å². The van der Waals surface area contributed by atoms with Gasteiger partial charge in [0.2, 0.25) is 0 Å². The summed E-state index contributed by atoms with van der Waals surface area (Å²) in [5.74, 6) is 0.873. The van der Waals surface area contributed by atoms with Gasteiger partial charge in [-0.15, -0.1) is 0 Å². The summed E-state index contributed by atoms with van der Waals surface area (Å²) in [5.41, 5.74) is 0.910. The predicted octanol–water partition coefficient (Wildman–Crippen LogP) is 1.72. The first-order chi connectivity index (χ1) is 7.66. The van der Waals surface area contributed by atoms with Gasteiger partial charge in [0.25, 0.3) is 0 Å². The topological polar surface area (TPSA) is 49.5 Å². The molecule has 4 heteroatoms. The van der Waals surface area contributed by atoms with Gasteiger partial charge in [-0.05, 0) is 26.8 Å². The first-order valence-corrected chi connectivity index (χ1v) is 5.97. The molecule has 2 unspecified atom stereocenters. The van der Waals surface area contributed by atoms with Crippen LogP contribution in [0.1, 0.15) is 37.1 Å². The van der Waals surface area contributed by atoms with Crippen LogP contribution in [0, 0.1) is 6.92 Å². The fraction of sp³-hybridized carbons (Fsp3) is 0.750. The molecule has 90 valence electrons. The molecule has 0 spiro atoms. The Hall–Kier alpha value is -0.870. The van der Waals surface area contributed by atoms with E-state index in [1.165, 1.54) is 6.42 Å². The molecule has 1 N–H and O–H groups in total. The number of aryl methyl sites for hydroxylation is 1. The van der Waals surface area contributed by atoms with Crippen LogP contribution in [0.15, 0.2) is 10.6 Å². The fourth-order valence-corrected chi connectivity index (χ4v) is 2.46. The van der Waals surface area contributed by atoms with E-state index in [2.05, 4.69) is 10.1 Å². The lowest BCUT2D eigenvalue weighted by molar-refractivity contribution is 0.0255. The lowest BCUT2D eigenvalue weighted by Crippen LogP contribution is -2.42. The smallest absolute Gasteiger partial charge is 0.150 e. The largest absolute Gasteiger partial charge is 0.391 e. The Morgan fingerprint density at radius 3 is 2.88 bits per heavy atom. The van der Waals surface area contributed by atoms with Gasteiger partial charge in [-0.3, -0.25) is 4.90 Å². The molecule has 1 aliphatic rings. The Bertz CT molecular complexity index is 338. The van der Waals surface area contributed by atoms with E-state index >= 15 is 0 Å². The minimum absolute atomic E-state index is 0.192. The highest BCUT2D eigenvalue weighted by Gasteiger charge is 2.26. The lowest BCUT2D eigenvalue weighted by atomic mass is 9.91. The Morgan fingerprint density at radius 2 is 2.25 bits per heavy atom. The standard InChI is InChI=1S/C12H20N2O2/c1-9-7-10(16-13-9)8-14(2)11-5-3-4-6-12(11)15/h7,11-12,15H,3-6,8H2,1-2H3. The number of aliphatic hydroxyl groups excluding tert-OH is 1. The van der Waals surface area contributed by atoms with Crippen molar-refractivity contribution < 1.29 is 9.63 Å². The van der Waals surface area contributed by atoms with Crippen molar-refractivity contribution in [3.05, 3.63) is 17.5 Å². The Balaban J connectivity index is 1.93. The number of aromatic nitrogens is 1. The SMILES string of the molecule is Cc1cc(CN(C)C2CCCCC2O)on1. The molecule has 1 fully saturated rings. The molecule has 4 nitrogen and oxygen atoms in total. The number of likely N-dealkylation sites (N-methyl/N-ethyl adjacent to an activating group) is 1. The van der Waals surface area contributed by atoms with E-state index in [9.17, 15) is 5.11 Å². The minimum Gasteiger partial charge on any atom is -0.391 e. The van der Waals surface area contributed by atoms with Gasteiger partial charge in [0.05, 0.1) is 18.3 Å². The van der Waals surface area contributed by atoms with Crippen LogP contribution in [-0.2, 0) is 6.54 Å². The number of aliphatic hydroxyl groups is 1. The molecule has 2 atom stereocenters. The van der Waals surface area contributed by atoms with E-state index in [1.54, 1.807) is 0 Å². The summed E-state index contributed by atoms with van der Waals surface area (Å²) >= 11 is 0. The highest BCUT2D eigenvalue weighted by Crippen LogP contribution is 2.23. The van der Waals surface area contributed by atoms with Crippen molar-refractivity contribution in [1.82, 2.24) is 10.1 Å². The van der Waals surface area contributed by atoms with Crippen LogP contribution in [0.25, 0.3) is 0 Å². The second-order valence-electron chi connectivity index (χ2n) is 4.77.